The van der Waals surface area contributed by atoms with E-state index >= 15 is 0 Å². The molecule has 0 spiro atoms. The van der Waals surface area contributed by atoms with Crippen LogP contribution in [0.2, 0.25) is 0 Å². The zero-order chi connectivity index (χ0) is 15.8. The molecule has 0 unspecified atom stereocenters. The van der Waals surface area contributed by atoms with Crippen molar-refractivity contribution in [1.82, 2.24) is 5.32 Å². The lowest BCUT2D eigenvalue weighted by molar-refractivity contribution is -0.143. The van der Waals surface area contributed by atoms with Crippen LogP contribution in [0.1, 0.15) is 32.3 Å². The number of rotatable bonds is 6. The summed E-state index contributed by atoms with van der Waals surface area (Å²) in [6, 6.07) is 8.43. The Hall–Kier alpha value is -2.04. The van der Waals surface area contributed by atoms with Gasteiger partial charge in [-0.3, -0.25) is 9.79 Å². The van der Waals surface area contributed by atoms with Crippen LogP contribution < -0.4 is 10.2 Å². The minimum absolute atomic E-state index is 0.144. The van der Waals surface area contributed by atoms with Crippen molar-refractivity contribution in [3.8, 4) is 0 Å². The topological polar surface area (TPSA) is 53.9 Å². The molecular weight excluding hydrogens is 278 g/mol. The fourth-order valence-corrected chi connectivity index (χ4v) is 2.59. The fourth-order valence-electron chi connectivity index (χ4n) is 2.59. The summed E-state index contributed by atoms with van der Waals surface area (Å²) >= 11 is 0. The van der Waals surface area contributed by atoms with E-state index in [1.54, 1.807) is 0 Å². The molecule has 5 heteroatoms. The Morgan fingerprint density at radius 3 is 2.95 bits per heavy atom. The quantitative estimate of drug-likeness (QED) is 0.379. The Morgan fingerprint density at radius 1 is 1.36 bits per heavy atom. The molecule has 1 N–H and O–H groups in total. The number of ether oxygens (including phenoxy) is 1. The van der Waals surface area contributed by atoms with Gasteiger partial charge >= 0.3 is 5.97 Å². The molecule has 5 nitrogen and oxygen atoms in total. The molecule has 1 aliphatic heterocycles. The average molecular weight is 303 g/mol. The molecule has 0 aromatic heterocycles. The summed E-state index contributed by atoms with van der Waals surface area (Å²) in [6.07, 6.45) is 2.18. The van der Waals surface area contributed by atoms with Crippen molar-refractivity contribution in [1.29, 1.82) is 0 Å². The SMILES string of the molecule is CCNC(=NCCCC(=O)OCC)N1CCc2ccccc21. The van der Waals surface area contributed by atoms with Crippen molar-refractivity contribution in [2.24, 2.45) is 4.99 Å². The Kier molecular flexibility index (Phi) is 6.25. The van der Waals surface area contributed by atoms with Crippen LogP contribution in [-0.2, 0) is 16.0 Å². The molecule has 0 radical (unpaired) electrons. The van der Waals surface area contributed by atoms with E-state index in [1.807, 2.05) is 6.92 Å². The van der Waals surface area contributed by atoms with Crippen LogP contribution >= 0.6 is 0 Å². The number of guanidine groups is 1. The van der Waals surface area contributed by atoms with E-state index in [9.17, 15) is 4.79 Å². The second-order valence-corrected chi connectivity index (χ2v) is 5.17. The van der Waals surface area contributed by atoms with Crippen LogP contribution in [0.3, 0.4) is 0 Å². The normalized spacial score (nSPS) is 13.9. The molecule has 0 saturated heterocycles. The number of para-hydroxylation sites is 1. The molecule has 1 aliphatic rings. The van der Waals surface area contributed by atoms with Gasteiger partial charge in [0.1, 0.15) is 0 Å². The molecule has 120 valence electrons. The third-order valence-corrected chi connectivity index (χ3v) is 3.58. The van der Waals surface area contributed by atoms with E-state index in [4.69, 9.17) is 4.74 Å². The molecule has 2 rings (SSSR count). The molecule has 0 amide bonds. The maximum Gasteiger partial charge on any atom is 0.305 e. The van der Waals surface area contributed by atoms with Crippen molar-refractivity contribution < 1.29 is 9.53 Å². The van der Waals surface area contributed by atoms with Crippen molar-refractivity contribution in [3.63, 3.8) is 0 Å². The summed E-state index contributed by atoms with van der Waals surface area (Å²) in [6.45, 7) is 6.73. The zero-order valence-electron chi connectivity index (χ0n) is 13.5. The zero-order valence-corrected chi connectivity index (χ0v) is 13.5. The number of nitrogens with one attached hydrogen (secondary N) is 1. The molecular formula is C17H25N3O2. The van der Waals surface area contributed by atoms with E-state index in [0.717, 1.165) is 25.5 Å². The highest BCUT2D eigenvalue weighted by Gasteiger charge is 2.22. The molecule has 22 heavy (non-hydrogen) atoms. The summed E-state index contributed by atoms with van der Waals surface area (Å²) in [5.74, 6) is 0.755. The average Bonchev–Trinajstić information content (AvgIpc) is 2.94. The van der Waals surface area contributed by atoms with Gasteiger partial charge in [0.05, 0.1) is 6.61 Å². The number of benzene rings is 1. The highest BCUT2D eigenvalue weighted by molar-refractivity contribution is 5.97. The minimum atomic E-state index is -0.144. The Balaban J connectivity index is 1.95. The van der Waals surface area contributed by atoms with E-state index in [1.165, 1.54) is 11.3 Å². The summed E-state index contributed by atoms with van der Waals surface area (Å²) in [5, 5.41) is 3.34. The summed E-state index contributed by atoms with van der Waals surface area (Å²) in [4.78, 5) is 18.2. The van der Waals surface area contributed by atoms with Gasteiger partial charge in [0, 0.05) is 31.7 Å². The predicted octanol–water partition coefficient (Wildman–Crippen LogP) is 2.36. The maximum atomic E-state index is 11.3. The summed E-state index contributed by atoms with van der Waals surface area (Å²) in [7, 11) is 0. The smallest absolute Gasteiger partial charge is 0.305 e. The van der Waals surface area contributed by atoms with Crippen LogP contribution in [0.5, 0.6) is 0 Å². The summed E-state index contributed by atoms with van der Waals surface area (Å²) < 4.78 is 4.93. The third-order valence-electron chi connectivity index (χ3n) is 3.58. The van der Waals surface area contributed by atoms with Gasteiger partial charge in [-0.05, 0) is 38.3 Å². The Morgan fingerprint density at radius 2 is 2.18 bits per heavy atom. The largest absolute Gasteiger partial charge is 0.466 e. The van der Waals surface area contributed by atoms with Gasteiger partial charge in [-0.1, -0.05) is 18.2 Å². The lowest BCUT2D eigenvalue weighted by Gasteiger charge is -2.22. The van der Waals surface area contributed by atoms with E-state index in [-0.39, 0.29) is 5.97 Å². The van der Waals surface area contributed by atoms with Gasteiger partial charge in [0.15, 0.2) is 5.96 Å². The number of aliphatic imine (C=N–C) groups is 1. The van der Waals surface area contributed by atoms with E-state index < -0.39 is 0 Å². The highest BCUT2D eigenvalue weighted by Crippen LogP contribution is 2.27. The fraction of sp³-hybridized carbons (Fsp3) is 0.529. The second kappa shape index (κ2) is 8.41. The van der Waals surface area contributed by atoms with Crippen LogP contribution in [0.25, 0.3) is 0 Å². The third kappa shape index (κ3) is 4.23. The standard InChI is InChI=1S/C17H25N3O2/c1-3-18-17(19-12-7-10-16(21)22-4-2)20-13-11-14-8-5-6-9-15(14)20/h5-6,8-9H,3-4,7,10-13H2,1-2H3,(H,18,19). The van der Waals surface area contributed by atoms with E-state index in [2.05, 4.69) is 46.4 Å². The first kappa shape index (κ1) is 16.3. The van der Waals surface area contributed by atoms with Gasteiger partial charge in [0.2, 0.25) is 0 Å². The van der Waals surface area contributed by atoms with Crippen molar-refractivity contribution in [2.45, 2.75) is 33.1 Å². The monoisotopic (exact) mass is 303 g/mol. The number of hydrogen-bond acceptors (Lipinski definition) is 3. The van der Waals surface area contributed by atoms with E-state index in [0.29, 0.717) is 26.0 Å². The van der Waals surface area contributed by atoms with Gasteiger partial charge in [-0.15, -0.1) is 0 Å². The molecule has 1 aromatic rings. The number of fused-ring (bicyclic) bond motifs is 1. The van der Waals surface area contributed by atoms with Crippen LogP contribution in [0.4, 0.5) is 5.69 Å². The minimum Gasteiger partial charge on any atom is -0.466 e. The molecule has 0 aliphatic carbocycles. The number of esters is 1. The molecule has 0 fully saturated rings. The highest BCUT2D eigenvalue weighted by atomic mass is 16.5. The number of nitrogens with zero attached hydrogens (tertiary/aromatic N) is 2. The number of anilines is 1. The van der Waals surface area contributed by atoms with Gasteiger partial charge in [-0.2, -0.15) is 0 Å². The van der Waals surface area contributed by atoms with Crippen LogP contribution in [0.15, 0.2) is 29.3 Å². The maximum absolute atomic E-state index is 11.3. The van der Waals surface area contributed by atoms with Crippen molar-refractivity contribution >= 4 is 17.6 Å². The molecule has 0 saturated carbocycles. The molecule has 1 heterocycles. The summed E-state index contributed by atoms with van der Waals surface area (Å²) in [5.41, 5.74) is 2.59. The lowest BCUT2D eigenvalue weighted by Crippen LogP contribution is -2.40. The van der Waals surface area contributed by atoms with Crippen molar-refractivity contribution in [3.05, 3.63) is 29.8 Å². The number of carbonyl (C=O) groups is 1. The molecule has 0 atom stereocenters. The Bertz CT molecular complexity index is 528. The van der Waals surface area contributed by atoms with Crippen LogP contribution in [0, 0.1) is 0 Å². The first-order chi connectivity index (χ1) is 10.8. The van der Waals surface area contributed by atoms with Crippen molar-refractivity contribution in [2.75, 3.05) is 31.1 Å². The van der Waals surface area contributed by atoms with Gasteiger partial charge in [0.25, 0.3) is 0 Å². The predicted molar refractivity (Wildman–Crippen MR) is 89.3 cm³/mol. The molecule has 1 aromatic carbocycles. The second-order valence-electron chi connectivity index (χ2n) is 5.17. The van der Waals surface area contributed by atoms with Crippen LogP contribution in [-0.4, -0.2) is 38.2 Å². The van der Waals surface area contributed by atoms with Gasteiger partial charge in [-0.25, -0.2) is 0 Å². The number of hydrogen-bond donors (Lipinski definition) is 1. The first-order valence-electron chi connectivity index (χ1n) is 8.05. The van der Waals surface area contributed by atoms with Gasteiger partial charge < -0.3 is 15.0 Å². The molecule has 0 bridgehead atoms. The first-order valence-corrected chi connectivity index (χ1v) is 8.05. The Labute approximate surface area is 132 Å². The number of carbonyl (C=O) groups excluding carboxylic acids is 1. The lowest BCUT2D eigenvalue weighted by atomic mass is 10.2.